The minimum Gasteiger partial charge on any atom is -0.398 e. The first-order valence-electron chi connectivity index (χ1n) is 6.98. The maximum atomic E-state index is 12.8. The Bertz CT molecular complexity index is 649. The topological polar surface area (TPSA) is 59.2 Å². The fourth-order valence-electron chi connectivity index (χ4n) is 2.21. The molecule has 1 amide bonds. The molecule has 0 spiro atoms. The highest BCUT2D eigenvalue weighted by Gasteiger charge is 2.23. The number of para-hydroxylation sites is 1. The first-order chi connectivity index (χ1) is 9.90. The van der Waals surface area contributed by atoms with E-state index in [1.807, 2.05) is 56.9 Å². The van der Waals surface area contributed by atoms with Crippen LogP contribution in [0.4, 0.5) is 5.69 Å². The number of hydrogen-bond acceptors (Lipinski definition) is 4. The quantitative estimate of drug-likeness (QED) is 0.881. The fourth-order valence-corrected chi connectivity index (χ4v) is 3.09. The highest BCUT2D eigenvalue weighted by atomic mass is 32.1. The summed E-state index contributed by atoms with van der Waals surface area (Å²) in [5.74, 6) is 0.0244. The van der Waals surface area contributed by atoms with Crippen molar-refractivity contribution in [3.63, 3.8) is 0 Å². The predicted molar refractivity (Wildman–Crippen MR) is 87.5 cm³/mol. The van der Waals surface area contributed by atoms with Gasteiger partial charge < -0.3 is 10.6 Å². The number of carbonyl (C=O) groups is 1. The van der Waals surface area contributed by atoms with Gasteiger partial charge in [-0.15, -0.1) is 11.3 Å². The van der Waals surface area contributed by atoms with Gasteiger partial charge in [0.25, 0.3) is 5.91 Å². The van der Waals surface area contributed by atoms with Gasteiger partial charge in [0.1, 0.15) is 4.88 Å². The van der Waals surface area contributed by atoms with E-state index in [1.165, 1.54) is 11.3 Å². The summed E-state index contributed by atoms with van der Waals surface area (Å²) in [6.45, 7) is 8.34. The Morgan fingerprint density at radius 2 is 2.00 bits per heavy atom. The lowest BCUT2D eigenvalue weighted by Gasteiger charge is -2.27. The van der Waals surface area contributed by atoms with E-state index in [9.17, 15) is 4.79 Å². The number of nitrogens with two attached hydrogens (primary N) is 1. The van der Waals surface area contributed by atoms with E-state index in [4.69, 9.17) is 5.73 Å². The third kappa shape index (κ3) is 3.42. The third-order valence-electron chi connectivity index (χ3n) is 3.38. The molecule has 2 N–H and O–H groups in total. The smallest absolute Gasteiger partial charge is 0.266 e. The molecule has 0 aliphatic carbocycles. The van der Waals surface area contributed by atoms with Crippen molar-refractivity contribution in [3.05, 3.63) is 45.4 Å². The van der Waals surface area contributed by atoms with Gasteiger partial charge in [0, 0.05) is 18.3 Å². The Hall–Kier alpha value is -1.88. The normalized spacial score (nSPS) is 10.9. The Labute approximate surface area is 129 Å². The van der Waals surface area contributed by atoms with Crippen LogP contribution in [0.3, 0.4) is 0 Å². The molecule has 2 rings (SSSR count). The van der Waals surface area contributed by atoms with Gasteiger partial charge in [-0.3, -0.25) is 4.79 Å². The van der Waals surface area contributed by atoms with Crippen molar-refractivity contribution in [2.24, 2.45) is 0 Å². The number of benzene rings is 1. The minimum absolute atomic E-state index is 0.0244. The van der Waals surface area contributed by atoms with E-state index < -0.39 is 0 Å². The molecular formula is C16H21N3OS. The van der Waals surface area contributed by atoms with E-state index in [2.05, 4.69) is 4.98 Å². The zero-order valence-corrected chi connectivity index (χ0v) is 13.7. The average Bonchev–Trinajstić information content (AvgIpc) is 2.75. The first kappa shape index (κ1) is 15.5. The number of nitrogen functional groups attached to an aromatic ring is 1. The summed E-state index contributed by atoms with van der Waals surface area (Å²) in [6.07, 6.45) is 0. The first-order valence-corrected chi connectivity index (χ1v) is 7.80. The fraction of sp³-hybridized carbons (Fsp3) is 0.375. The monoisotopic (exact) mass is 303 g/mol. The molecule has 0 radical (unpaired) electrons. The molecule has 0 saturated heterocycles. The number of thiazole rings is 1. The van der Waals surface area contributed by atoms with Crippen LogP contribution in [0, 0.1) is 13.8 Å². The summed E-state index contributed by atoms with van der Waals surface area (Å²) in [7, 11) is 0. The molecule has 2 aromatic rings. The summed E-state index contributed by atoms with van der Waals surface area (Å²) in [4.78, 5) is 19.7. The molecule has 0 saturated carbocycles. The van der Waals surface area contributed by atoms with Crippen molar-refractivity contribution in [2.75, 3.05) is 5.73 Å². The molecular weight excluding hydrogens is 282 g/mol. The Balaban J connectivity index is 2.29. The third-order valence-corrected chi connectivity index (χ3v) is 4.44. The van der Waals surface area contributed by atoms with E-state index in [0.717, 1.165) is 21.1 Å². The minimum atomic E-state index is 0.0244. The van der Waals surface area contributed by atoms with E-state index >= 15 is 0 Å². The lowest BCUT2D eigenvalue weighted by Crippen LogP contribution is -2.36. The summed E-state index contributed by atoms with van der Waals surface area (Å²) < 4.78 is 0. The molecule has 4 nitrogen and oxygen atoms in total. The van der Waals surface area contributed by atoms with Gasteiger partial charge in [0.2, 0.25) is 0 Å². The van der Waals surface area contributed by atoms with Crippen molar-refractivity contribution in [3.8, 4) is 0 Å². The van der Waals surface area contributed by atoms with Crippen molar-refractivity contribution in [1.82, 2.24) is 9.88 Å². The van der Waals surface area contributed by atoms with Crippen LogP contribution in [0.2, 0.25) is 0 Å². The number of hydrogen-bond donors (Lipinski definition) is 1. The molecule has 0 bridgehead atoms. The molecule has 0 atom stereocenters. The molecule has 1 heterocycles. The largest absolute Gasteiger partial charge is 0.398 e. The standard InChI is InChI=1S/C16H21N3OS/c1-10(2)19(9-13-7-5-6-8-14(13)17)16(20)15-11(3)18-12(4)21-15/h5-8,10H,9,17H2,1-4H3. The lowest BCUT2D eigenvalue weighted by molar-refractivity contribution is 0.0695. The van der Waals surface area contributed by atoms with Crippen molar-refractivity contribution in [2.45, 2.75) is 40.3 Å². The second kappa shape index (κ2) is 6.26. The number of aryl methyl sites for hydroxylation is 2. The van der Waals surface area contributed by atoms with Crippen LogP contribution in [0.25, 0.3) is 0 Å². The van der Waals surface area contributed by atoms with Crippen LogP contribution in [-0.2, 0) is 6.54 Å². The second-order valence-corrected chi connectivity index (χ2v) is 6.58. The molecule has 0 fully saturated rings. The van der Waals surface area contributed by atoms with Gasteiger partial charge in [-0.25, -0.2) is 4.98 Å². The molecule has 0 aliphatic rings. The van der Waals surface area contributed by atoms with Crippen molar-refractivity contribution >= 4 is 22.9 Å². The number of rotatable bonds is 4. The number of amides is 1. The van der Waals surface area contributed by atoms with Crippen LogP contribution in [-0.4, -0.2) is 21.8 Å². The van der Waals surface area contributed by atoms with Crippen LogP contribution in [0.15, 0.2) is 24.3 Å². The summed E-state index contributed by atoms with van der Waals surface area (Å²) in [5, 5.41) is 0.916. The maximum absolute atomic E-state index is 12.8. The van der Waals surface area contributed by atoms with E-state index in [1.54, 1.807) is 0 Å². The highest BCUT2D eigenvalue weighted by molar-refractivity contribution is 7.13. The molecule has 1 aromatic heterocycles. The zero-order valence-electron chi connectivity index (χ0n) is 12.9. The Morgan fingerprint density at radius 3 is 2.52 bits per heavy atom. The van der Waals surface area contributed by atoms with Gasteiger partial charge in [0.15, 0.2) is 0 Å². The number of carbonyl (C=O) groups excluding carboxylic acids is 1. The van der Waals surface area contributed by atoms with Gasteiger partial charge in [-0.2, -0.15) is 0 Å². The van der Waals surface area contributed by atoms with Crippen LogP contribution >= 0.6 is 11.3 Å². The van der Waals surface area contributed by atoms with E-state index in [0.29, 0.717) is 12.2 Å². The SMILES string of the molecule is Cc1nc(C)c(C(=O)N(Cc2ccccc2N)C(C)C)s1. The Morgan fingerprint density at radius 1 is 1.33 bits per heavy atom. The summed E-state index contributed by atoms with van der Waals surface area (Å²) in [6, 6.07) is 7.76. The van der Waals surface area contributed by atoms with Crippen LogP contribution in [0.1, 0.15) is 39.8 Å². The highest BCUT2D eigenvalue weighted by Crippen LogP contribution is 2.23. The average molecular weight is 303 g/mol. The van der Waals surface area contributed by atoms with Crippen LogP contribution < -0.4 is 5.73 Å². The lowest BCUT2D eigenvalue weighted by atomic mass is 10.1. The molecule has 0 aliphatic heterocycles. The number of anilines is 1. The van der Waals surface area contributed by atoms with Gasteiger partial charge in [0.05, 0.1) is 10.7 Å². The molecule has 0 unspecified atom stereocenters. The second-order valence-electron chi connectivity index (χ2n) is 5.37. The molecule has 21 heavy (non-hydrogen) atoms. The van der Waals surface area contributed by atoms with Crippen LogP contribution in [0.5, 0.6) is 0 Å². The molecule has 112 valence electrons. The summed E-state index contributed by atoms with van der Waals surface area (Å²) >= 11 is 1.45. The zero-order chi connectivity index (χ0) is 15.6. The van der Waals surface area contributed by atoms with Crippen molar-refractivity contribution < 1.29 is 4.79 Å². The van der Waals surface area contributed by atoms with Gasteiger partial charge in [-0.1, -0.05) is 18.2 Å². The Kier molecular flexibility index (Phi) is 4.63. The maximum Gasteiger partial charge on any atom is 0.266 e. The predicted octanol–water partition coefficient (Wildman–Crippen LogP) is 3.39. The number of nitrogens with zero attached hydrogens (tertiary/aromatic N) is 2. The van der Waals surface area contributed by atoms with Crippen molar-refractivity contribution in [1.29, 1.82) is 0 Å². The molecule has 1 aromatic carbocycles. The van der Waals surface area contributed by atoms with Gasteiger partial charge >= 0.3 is 0 Å². The molecule has 5 heteroatoms. The summed E-state index contributed by atoms with van der Waals surface area (Å²) in [5.41, 5.74) is 8.48. The number of aromatic nitrogens is 1. The van der Waals surface area contributed by atoms with E-state index in [-0.39, 0.29) is 11.9 Å². The van der Waals surface area contributed by atoms with Gasteiger partial charge in [-0.05, 0) is 39.3 Å².